The van der Waals surface area contributed by atoms with Gasteiger partial charge in [0, 0.05) is 38.3 Å². The van der Waals surface area contributed by atoms with E-state index in [2.05, 4.69) is 4.90 Å². The highest BCUT2D eigenvalue weighted by molar-refractivity contribution is 5.36. The molecule has 2 rings (SSSR count). The number of nitro groups is 1. The fraction of sp³-hybridized carbons (Fsp3) is 0.571. The number of nitro benzene ring substituents is 1. The van der Waals surface area contributed by atoms with Gasteiger partial charge in [0.25, 0.3) is 5.69 Å². The second-order valence-electron chi connectivity index (χ2n) is 5.26. The second-order valence-corrected chi connectivity index (χ2v) is 5.26. The van der Waals surface area contributed by atoms with Crippen molar-refractivity contribution >= 4 is 5.69 Å². The van der Waals surface area contributed by atoms with E-state index in [1.54, 1.807) is 12.1 Å². The maximum atomic E-state index is 10.6. The lowest BCUT2D eigenvalue weighted by atomic mass is 10.1. The topological polar surface area (TPSA) is 102 Å². The minimum absolute atomic E-state index is 0.0629. The standard InChI is InChI=1S/C14H21N3O4/c15-9-12(18)10-16-7-5-14(6-8-16)21-13-3-1-11(2-4-13)17(19)20/h1-4,12,14,18H,5-10,15H2. The zero-order chi connectivity index (χ0) is 15.2. The highest BCUT2D eigenvalue weighted by atomic mass is 16.6. The first-order chi connectivity index (χ1) is 10.1. The van der Waals surface area contributed by atoms with Gasteiger partial charge in [0.15, 0.2) is 0 Å². The Morgan fingerprint density at radius 3 is 2.52 bits per heavy atom. The number of non-ortho nitro benzene ring substituents is 1. The molecular formula is C14H21N3O4. The summed E-state index contributed by atoms with van der Waals surface area (Å²) in [5.41, 5.74) is 5.47. The average molecular weight is 295 g/mol. The summed E-state index contributed by atoms with van der Waals surface area (Å²) in [4.78, 5) is 12.3. The summed E-state index contributed by atoms with van der Waals surface area (Å²) in [5, 5.41) is 20.1. The van der Waals surface area contributed by atoms with Crippen molar-refractivity contribution in [2.24, 2.45) is 5.73 Å². The van der Waals surface area contributed by atoms with E-state index in [9.17, 15) is 15.2 Å². The Hall–Kier alpha value is -1.70. The van der Waals surface area contributed by atoms with Gasteiger partial charge in [-0.05, 0) is 25.0 Å². The quantitative estimate of drug-likeness (QED) is 0.593. The van der Waals surface area contributed by atoms with E-state index in [0.29, 0.717) is 12.3 Å². The minimum Gasteiger partial charge on any atom is -0.490 e. The molecule has 1 fully saturated rings. The molecule has 7 heteroatoms. The van der Waals surface area contributed by atoms with Crippen LogP contribution in [0.5, 0.6) is 5.75 Å². The number of piperidine rings is 1. The highest BCUT2D eigenvalue weighted by Crippen LogP contribution is 2.21. The van der Waals surface area contributed by atoms with E-state index < -0.39 is 11.0 Å². The van der Waals surface area contributed by atoms with Crippen molar-refractivity contribution in [3.63, 3.8) is 0 Å². The maximum absolute atomic E-state index is 10.6. The highest BCUT2D eigenvalue weighted by Gasteiger charge is 2.22. The van der Waals surface area contributed by atoms with Crippen LogP contribution in [0.3, 0.4) is 0 Å². The number of hydrogen-bond donors (Lipinski definition) is 2. The molecule has 1 aromatic carbocycles. The molecule has 1 saturated heterocycles. The Kier molecular flexibility index (Phi) is 5.49. The number of benzene rings is 1. The molecule has 1 heterocycles. The number of nitrogens with two attached hydrogens (primary N) is 1. The molecule has 1 aliphatic heterocycles. The second kappa shape index (κ2) is 7.35. The molecule has 0 amide bonds. The lowest BCUT2D eigenvalue weighted by Crippen LogP contribution is -2.43. The number of hydrogen-bond acceptors (Lipinski definition) is 6. The van der Waals surface area contributed by atoms with Crippen molar-refractivity contribution in [3.8, 4) is 5.75 Å². The van der Waals surface area contributed by atoms with Crippen LogP contribution in [-0.2, 0) is 0 Å². The van der Waals surface area contributed by atoms with Crippen LogP contribution in [0.1, 0.15) is 12.8 Å². The molecule has 0 spiro atoms. The normalized spacial score (nSPS) is 18.4. The predicted molar refractivity (Wildman–Crippen MR) is 78.2 cm³/mol. The van der Waals surface area contributed by atoms with Crippen molar-refractivity contribution in [2.75, 3.05) is 26.2 Å². The summed E-state index contributed by atoms with van der Waals surface area (Å²) in [6.45, 7) is 2.59. The fourth-order valence-corrected chi connectivity index (χ4v) is 2.42. The molecule has 0 aromatic heterocycles. The third-order valence-corrected chi connectivity index (χ3v) is 3.63. The summed E-state index contributed by atoms with van der Waals surface area (Å²) >= 11 is 0. The fourth-order valence-electron chi connectivity index (χ4n) is 2.42. The van der Waals surface area contributed by atoms with Crippen LogP contribution in [0.2, 0.25) is 0 Å². The third-order valence-electron chi connectivity index (χ3n) is 3.63. The molecule has 0 bridgehead atoms. The number of aliphatic hydroxyl groups is 1. The molecule has 3 N–H and O–H groups in total. The molecule has 0 radical (unpaired) electrons. The average Bonchev–Trinajstić information content (AvgIpc) is 2.49. The smallest absolute Gasteiger partial charge is 0.269 e. The Labute approximate surface area is 123 Å². The van der Waals surface area contributed by atoms with E-state index in [4.69, 9.17) is 10.5 Å². The molecular weight excluding hydrogens is 274 g/mol. The first kappa shape index (κ1) is 15.7. The van der Waals surface area contributed by atoms with Crippen molar-refractivity contribution in [2.45, 2.75) is 25.0 Å². The van der Waals surface area contributed by atoms with Crippen molar-refractivity contribution in [1.29, 1.82) is 0 Å². The van der Waals surface area contributed by atoms with Gasteiger partial charge in [0.05, 0.1) is 11.0 Å². The van der Waals surface area contributed by atoms with Crippen LogP contribution in [0, 0.1) is 10.1 Å². The Morgan fingerprint density at radius 1 is 1.38 bits per heavy atom. The van der Waals surface area contributed by atoms with Crippen LogP contribution < -0.4 is 10.5 Å². The van der Waals surface area contributed by atoms with Gasteiger partial charge in [0.2, 0.25) is 0 Å². The molecule has 0 saturated carbocycles. The molecule has 21 heavy (non-hydrogen) atoms. The third kappa shape index (κ3) is 4.66. The molecule has 0 aliphatic carbocycles. The number of β-amino-alcohol motifs (C(OH)–C–C–N with tert-alkyl or cyclic N) is 1. The largest absolute Gasteiger partial charge is 0.490 e. The number of rotatable bonds is 6. The van der Waals surface area contributed by atoms with Crippen LogP contribution in [0.4, 0.5) is 5.69 Å². The van der Waals surface area contributed by atoms with Gasteiger partial charge >= 0.3 is 0 Å². The van der Waals surface area contributed by atoms with E-state index in [1.165, 1.54) is 12.1 Å². The van der Waals surface area contributed by atoms with E-state index >= 15 is 0 Å². The molecule has 1 atom stereocenters. The monoisotopic (exact) mass is 295 g/mol. The lowest BCUT2D eigenvalue weighted by Gasteiger charge is -2.33. The zero-order valence-electron chi connectivity index (χ0n) is 11.9. The molecule has 1 aromatic rings. The van der Waals surface area contributed by atoms with Gasteiger partial charge in [-0.15, -0.1) is 0 Å². The Bertz CT molecular complexity index is 458. The maximum Gasteiger partial charge on any atom is 0.269 e. The Balaban J connectivity index is 1.79. The van der Waals surface area contributed by atoms with Gasteiger partial charge in [-0.2, -0.15) is 0 Å². The zero-order valence-corrected chi connectivity index (χ0v) is 11.9. The lowest BCUT2D eigenvalue weighted by molar-refractivity contribution is -0.384. The molecule has 116 valence electrons. The van der Waals surface area contributed by atoms with E-state index in [1.807, 2.05) is 0 Å². The van der Waals surface area contributed by atoms with Gasteiger partial charge in [0.1, 0.15) is 11.9 Å². The molecule has 1 unspecified atom stereocenters. The van der Waals surface area contributed by atoms with E-state index in [0.717, 1.165) is 25.9 Å². The number of likely N-dealkylation sites (tertiary alicyclic amines) is 1. The summed E-state index contributed by atoms with van der Waals surface area (Å²) in [5.74, 6) is 0.654. The summed E-state index contributed by atoms with van der Waals surface area (Å²) in [6, 6.07) is 6.15. The van der Waals surface area contributed by atoms with E-state index in [-0.39, 0.29) is 18.3 Å². The number of nitrogens with zero attached hydrogens (tertiary/aromatic N) is 2. The molecule has 7 nitrogen and oxygen atoms in total. The van der Waals surface area contributed by atoms with Gasteiger partial charge in [-0.3, -0.25) is 10.1 Å². The van der Waals surface area contributed by atoms with Crippen LogP contribution in [-0.4, -0.2) is 53.3 Å². The SMILES string of the molecule is NCC(O)CN1CCC(Oc2ccc([N+](=O)[O-])cc2)CC1. The van der Waals surface area contributed by atoms with Crippen molar-refractivity contribution in [1.82, 2.24) is 4.90 Å². The Morgan fingerprint density at radius 2 is 2.00 bits per heavy atom. The molecule has 1 aliphatic rings. The van der Waals surface area contributed by atoms with Gasteiger partial charge in [-0.1, -0.05) is 0 Å². The number of ether oxygens (including phenoxy) is 1. The van der Waals surface area contributed by atoms with Gasteiger partial charge < -0.3 is 20.5 Å². The predicted octanol–water partition coefficient (Wildman–Crippen LogP) is 0.758. The van der Waals surface area contributed by atoms with Crippen LogP contribution in [0.25, 0.3) is 0 Å². The van der Waals surface area contributed by atoms with Crippen LogP contribution >= 0.6 is 0 Å². The number of aliphatic hydroxyl groups excluding tert-OH is 1. The summed E-state index contributed by atoms with van der Waals surface area (Å²) in [6.07, 6.45) is 1.37. The van der Waals surface area contributed by atoms with Crippen LogP contribution in [0.15, 0.2) is 24.3 Å². The first-order valence-electron chi connectivity index (χ1n) is 7.10. The van der Waals surface area contributed by atoms with Crippen molar-refractivity contribution < 1.29 is 14.8 Å². The minimum atomic E-state index is -0.475. The summed E-state index contributed by atoms with van der Waals surface area (Å²) < 4.78 is 5.83. The first-order valence-corrected chi connectivity index (χ1v) is 7.10. The summed E-state index contributed by atoms with van der Waals surface area (Å²) in [7, 11) is 0. The van der Waals surface area contributed by atoms with Gasteiger partial charge in [-0.25, -0.2) is 0 Å². The van der Waals surface area contributed by atoms with Crippen molar-refractivity contribution in [3.05, 3.63) is 34.4 Å².